The first kappa shape index (κ1) is 14.5. The number of benzene rings is 2. The molecule has 1 aliphatic rings. The van der Waals surface area contributed by atoms with Gasteiger partial charge in [-0.25, -0.2) is 0 Å². The van der Waals surface area contributed by atoms with Gasteiger partial charge in [0.05, 0.1) is 0 Å². The number of carbonyl (C=O) groups is 1. The minimum atomic E-state index is 0.290. The van der Waals surface area contributed by atoms with E-state index in [9.17, 15) is 4.79 Å². The molecule has 20 heavy (non-hydrogen) atoms. The maximum Gasteiger partial charge on any atom is 0.163 e. The van der Waals surface area contributed by atoms with Crippen molar-refractivity contribution in [3.8, 4) is 11.1 Å². The summed E-state index contributed by atoms with van der Waals surface area (Å²) in [6.45, 7) is 8.27. The van der Waals surface area contributed by atoms with Gasteiger partial charge in [-0.3, -0.25) is 4.79 Å². The van der Waals surface area contributed by atoms with Gasteiger partial charge in [0, 0.05) is 12.0 Å². The standard InChI is InChI=1S/C17H16O.C2H6/c1-11-5-3-6-12(2)17(11)15-8-4-7-14-13(15)9-10-16(14)18;1-2/h3-8H,9-10H2,1-2H3;1-2H3. The van der Waals surface area contributed by atoms with Gasteiger partial charge in [-0.1, -0.05) is 50.2 Å². The number of fused-ring (bicyclic) bond motifs is 1. The van der Waals surface area contributed by atoms with Gasteiger partial charge >= 0.3 is 0 Å². The Balaban J connectivity index is 0.000000704. The van der Waals surface area contributed by atoms with Crippen LogP contribution in [-0.4, -0.2) is 5.78 Å². The first-order chi connectivity index (χ1) is 9.68. The molecule has 1 aliphatic carbocycles. The van der Waals surface area contributed by atoms with E-state index in [1.54, 1.807) is 0 Å². The summed E-state index contributed by atoms with van der Waals surface area (Å²) in [5, 5.41) is 0. The Morgan fingerprint density at radius 3 is 2.00 bits per heavy atom. The van der Waals surface area contributed by atoms with Crippen LogP contribution in [0.5, 0.6) is 0 Å². The predicted octanol–water partition coefficient (Wildman–Crippen LogP) is 5.13. The normalized spacial score (nSPS) is 12.7. The third-order valence-electron chi connectivity index (χ3n) is 3.83. The van der Waals surface area contributed by atoms with E-state index in [1.165, 1.54) is 27.8 Å². The van der Waals surface area contributed by atoms with Gasteiger partial charge in [0.1, 0.15) is 0 Å². The van der Waals surface area contributed by atoms with Crippen molar-refractivity contribution in [3.05, 3.63) is 58.7 Å². The van der Waals surface area contributed by atoms with Crippen LogP contribution in [0.3, 0.4) is 0 Å². The van der Waals surface area contributed by atoms with Crippen molar-refractivity contribution >= 4 is 5.78 Å². The summed E-state index contributed by atoms with van der Waals surface area (Å²) in [6.07, 6.45) is 1.55. The zero-order valence-corrected chi connectivity index (χ0v) is 12.8. The summed E-state index contributed by atoms with van der Waals surface area (Å²) in [4.78, 5) is 11.8. The minimum absolute atomic E-state index is 0.290. The molecule has 3 rings (SSSR count). The SMILES string of the molecule is CC.Cc1cccc(C)c1-c1cccc2c1CCC2=O. The van der Waals surface area contributed by atoms with E-state index in [0.717, 1.165) is 12.0 Å². The van der Waals surface area contributed by atoms with Gasteiger partial charge in [-0.2, -0.15) is 0 Å². The molecule has 0 fully saturated rings. The van der Waals surface area contributed by atoms with Crippen LogP contribution in [0.15, 0.2) is 36.4 Å². The Hall–Kier alpha value is -1.89. The van der Waals surface area contributed by atoms with Crippen molar-refractivity contribution in [1.82, 2.24) is 0 Å². The first-order valence-corrected chi connectivity index (χ1v) is 7.40. The van der Waals surface area contributed by atoms with Crippen LogP contribution >= 0.6 is 0 Å². The van der Waals surface area contributed by atoms with E-state index in [0.29, 0.717) is 6.42 Å². The highest BCUT2D eigenvalue weighted by Gasteiger charge is 2.23. The molecule has 2 aromatic rings. The predicted molar refractivity (Wildman–Crippen MR) is 85.4 cm³/mol. The second kappa shape index (κ2) is 6.04. The Morgan fingerprint density at radius 2 is 1.35 bits per heavy atom. The van der Waals surface area contributed by atoms with Crippen LogP contribution < -0.4 is 0 Å². The molecule has 104 valence electrons. The Bertz CT molecular complexity index is 618. The van der Waals surface area contributed by atoms with Crippen LogP contribution in [0.25, 0.3) is 11.1 Å². The third kappa shape index (κ3) is 2.40. The molecule has 0 bridgehead atoms. The second-order valence-electron chi connectivity index (χ2n) is 5.02. The molecule has 0 aliphatic heterocycles. The summed E-state index contributed by atoms with van der Waals surface area (Å²) >= 11 is 0. The monoisotopic (exact) mass is 266 g/mol. The number of hydrogen-bond donors (Lipinski definition) is 0. The average Bonchev–Trinajstić information content (AvgIpc) is 2.84. The molecule has 2 aromatic carbocycles. The summed E-state index contributed by atoms with van der Waals surface area (Å²) in [5.41, 5.74) is 7.26. The lowest BCUT2D eigenvalue weighted by Gasteiger charge is -2.13. The highest BCUT2D eigenvalue weighted by Crippen LogP contribution is 2.35. The number of ketones is 1. The van der Waals surface area contributed by atoms with Crippen LogP contribution in [0.4, 0.5) is 0 Å². The molecular formula is C19H22O. The molecule has 0 saturated carbocycles. The first-order valence-electron chi connectivity index (χ1n) is 7.40. The van der Waals surface area contributed by atoms with Crippen LogP contribution in [0.2, 0.25) is 0 Å². The Morgan fingerprint density at radius 1 is 0.800 bits per heavy atom. The van der Waals surface area contributed by atoms with Crippen molar-refractivity contribution in [3.63, 3.8) is 0 Å². The van der Waals surface area contributed by atoms with E-state index < -0.39 is 0 Å². The fourth-order valence-corrected chi connectivity index (χ4v) is 2.96. The van der Waals surface area contributed by atoms with Crippen LogP contribution in [0, 0.1) is 13.8 Å². The fraction of sp³-hybridized carbons (Fsp3) is 0.316. The van der Waals surface area contributed by atoms with Gasteiger partial charge in [-0.05, 0) is 48.1 Å². The molecule has 0 aromatic heterocycles. The number of carbonyl (C=O) groups excluding carboxylic acids is 1. The molecule has 0 amide bonds. The quantitative estimate of drug-likeness (QED) is 0.699. The highest BCUT2D eigenvalue weighted by molar-refractivity contribution is 6.02. The molecule has 0 atom stereocenters. The largest absolute Gasteiger partial charge is 0.294 e. The molecule has 0 heterocycles. The molecule has 0 radical (unpaired) electrons. The molecule has 0 N–H and O–H groups in total. The summed E-state index contributed by atoms with van der Waals surface area (Å²) in [6, 6.07) is 12.5. The van der Waals surface area contributed by atoms with E-state index >= 15 is 0 Å². The fourth-order valence-electron chi connectivity index (χ4n) is 2.96. The van der Waals surface area contributed by atoms with E-state index in [2.05, 4.69) is 38.1 Å². The Labute approximate surface area is 121 Å². The summed E-state index contributed by atoms with van der Waals surface area (Å²) in [7, 11) is 0. The van der Waals surface area contributed by atoms with Crippen molar-refractivity contribution in [2.45, 2.75) is 40.5 Å². The van der Waals surface area contributed by atoms with E-state index in [1.807, 2.05) is 26.0 Å². The van der Waals surface area contributed by atoms with E-state index in [-0.39, 0.29) is 5.78 Å². The molecule has 1 heteroatoms. The number of rotatable bonds is 1. The van der Waals surface area contributed by atoms with Crippen LogP contribution in [-0.2, 0) is 6.42 Å². The molecule has 0 saturated heterocycles. The van der Waals surface area contributed by atoms with Gasteiger partial charge < -0.3 is 0 Å². The minimum Gasteiger partial charge on any atom is -0.294 e. The van der Waals surface area contributed by atoms with Crippen molar-refractivity contribution < 1.29 is 4.79 Å². The molecular weight excluding hydrogens is 244 g/mol. The average molecular weight is 266 g/mol. The number of Topliss-reactive ketones (excluding diaryl/α,β-unsaturated/α-hetero) is 1. The maximum atomic E-state index is 11.8. The smallest absolute Gasteiger partial charge is 0.163 e. The summed E-state index contributed by atoms with van der Waals surface area (Å²) in [5.74, 6) is 0.290. The zero-order chi connectivity index (χ0) is 14.7. The van der Waals surface area contributed by atoms with E-state index in [4.69, 9.17) is 0 Å². The lowest BCUT2D eigenvalue weighted by atomic mass is 9.91. The number of hydrogen-bond acceptors (Lipinski definition) is 1. The van der Waals surface area contributed by atoms with Gasteiger partial charge in [-0.15, -0.1) is 0 Å². The Kier molecular flexibility index (Phi) is 4.39. The van der Waals surface area contributed by atoms with Gasteiger partial charge in [0.15, 0.2) is 5.78 Å². The van der Waals surface area contributed by atoms with Gasteiger partial charge in [0.25, 0.3) is 0 Å². The molecule has 0 unspecified atom stereocenters. The lowest BCUT2D eigenvalue weighted by molar-refractivity contribution is 0.0994. The highest BCUT2D eigenvalue weighted by atomic mass is 16.1. The van der Waals surface area contributed by atoms with Crippen molar-refractivity contribution in [2.24, 2.45) is 0 Å². The lowest BCUT2D eigenvalue weighted by Crippen LogP contribution is -1.95. The second-order valence-corrected chi connectivity index (χ2v) is 5.02. The van der Waals surface area contributed by atoms with Crippen molar-refractivity contribution in [1.29, 1.82) is 0 Å². The molecule has 1 nitrogen and oxygen atoms in total. The van der Waals surface area contributed by atoms with Gasteiger partial charge in [0.2, 0.25) is 0 Å². The van der Waals surface area contributed by atoms with Crippen LogP contribution in [0.1, 0.15) is 47.3 Å². The number of aryl methyl sites for hydroxylation is 2. The zero-order valence-electron chi connectivity index (χ0n) is 12.8. The summed E-state index contributed by atoms with van der Waals surface area (Å²) < 4.78 is 0. The molecule has 0 spiro atoms. The maximum absolute atomic E-state index is 11.8. The third-order valence-corrected chi connectivity index (χ3v) is 3.83. The van der Waals surface area contributed by atoms with Crippen molar-refractivity contribution in [2.75, 3.05) is 0 Å². The topological polar surface area (TPSA) is 17.1 Å².